The summed E-state index contributed by atoms with van der Waals surface area (Å²) in [5, 5.41) is 3.11. The zero-order chi connectivity index (χ0) is 8.91. The maximum atomic E-state index is 5.13. The van der Waals surface area contributed by atoms with Crippen molar-refractivity contribution in [2.75, 3.05) is 13.2 Å². The van der Waals surface area contributed by atoms with E-state index < -0.39 is 0 Å². The molecule has 4 heteroatoms. The zero-order valence-corrected chi connectivity index (χ0v) is 7.52. The molecule has 4 nitrogen and oxygen atoms in total. The highest BCUT2D eigenvalue weighted by molar-refractivity contribution is 5.75. The maximum Gasteiger partial charge on any atom is 0.187 e. The van der Waals surface area contributed by atoms with Crippen LogP contribution in [0.1, 0.15) is 20.8 Å². The summed E-state index contributed by atoms with van der Waals surface area (Å²) < 4.78 is 0. The average Bonchev–Trinajstić information content (AvgIpc) is 1.78. The van der Waals surface area contributed by atoms with Gasteiger partial charge in [-0.2, -0.15) is 0 Å². The first-order valence-corrected chi connectivity index (χ1v) is 3.68. The van der Waals surface area contributed by atoms with Crippen LogP contribution in [0.5, 0.6) is 0 Å². The number of hydrogen-bond donors (Lipinski definition) is 3. The first-order chi connectivity index (χ1) is 4.92. The second kappa shape index (κ2) is 4.18. The van der Waals surface area contributed by atoms with Gasteiger partial charge in [0.25, 0.3) is 0 Å². The molecule has 0 aromatic heterocycles. The largest absolute Gasteiger partial charge is 0.370 e. The van der Waals surface area contributed by atoms with Crippen molar-refractivity contribution in [1.82, 2.24) is 5.32 Å². The van der Waals surface area contributed by atoms with Crippen molar-refractivity contribution in [3.63, 3.8) is 0 Å². The third-order valence-corrected chi connectivity index (χ3v) is 1.03. The summed E-state index contributed by atoms with van der Waals surface area (Å²) in [6.45, 7) is 7.85. The molecule has 0 aromatic carbocycles. The monoisotopic (exact) mass is 158 g/mol. The molecule has 0 heterocycles. The first-order valence-electron chi connectivity index (χ1n) is 3.68. The van der Waals surface area contributed by atoms with E-state index in [0.717, 1.165) is 6.54 Å². The Morgan fingerprint density at radius 2 is 1.91 bits per heavy atom. The van der Waals surface area contributed by atoms with E-state index in [2.05, 4.69) is 31.1 Å². The van der Waals surface area contributed by atoms with Crippen LogP contribution in [0.3, 0.4) is 0 Å². The number of hydrogen-bond acceptors (Lipinski definition) is 2. The van der Waals surface area contributed by atoms with Crippen LogP contribution in [-0.2, 0) is 0 Å². The molecule has 0 aromatic rings. The molecular weight excluding hydrogens is 140 g/mol. The molecule has 0 rings (SSSR count). The minimum absolute atomic E-state index is 0.131. The lowest BCUT2D eigenvalue weighted by Crippen LogP contribution is -2.30. The molecule has 0 atom stereocenters. The van der Waals surface area contributed by atoms with E-state index in [1.165, 1.54) is 0 Å². The first kappa shape index (κ1) is 10.2. The summed E-state index contributed by atoms with van der Waals surface area (Å²) in [5.41, 5.74) is 10.5. The van der Waals surface area contributed by atoms with Crippen molar-refractivity contribution >= 4 is 5.96 Å². The van der Waals surface area contributed by atoms with Crippen LogP contribution >= 0.6 is 0 Å². The second-order valence-electron chi connectivity index (χ2n) is 3.73. The Balaban J connectivity index is 3.36. The van der Waals surface area contributed by atoms with E-state index in [9.17, 15) is 0 Å². The van der Waals surface area contributed by atoms with E-state index in [4.69, 9.17) is 11.5 Å². The van der Waals surface area contributed by atoms with Gasteiger partial charge in [0.2, 0.25) is 0 Å². The maximum absolute atomic E-state index is 5.13. The van der Waals surface area contributed by atoms with Crippen LogP contribution < -0.4 is 16.8 Å². The van der Waals surface area contributed by atoms with Gasteiger partial charge in [-0.3, -0.25) is 5.32 Å². The molecule has 11 heavy (non-hydrogen) atoms. The summed E-state index contributed by atoms with van der Waals surface area (Å²) in [5.74, 6) is 0.131. The van der Waals surface area contributed by atoms with Crippen molar-refractivity contribution in [2.24, 2.45) is 21.9 Å². The second-order valence-corrected chi connectivity index (χ2v) is 3.73. The van der Waals surface area contributed by atoms with E-state index in [-0.39, 0.29) is 11.4 Å². The summed E-state index contributed by atoms with van der Waals surface area (Å²) in [6.07, 6.45) is 0. The van der Waals surface area contributed by atoms with Crippen LogP contribution in [0.25, 0.3) is 0 Å². The zero-order valence-electron chi connectivity index (χ0n) is 7.52. The number of rotatable bonds is 3. The topological polar surface area (TPSA) is 76.4 Å². The van der Waals surface area contributed by atoms with Crippen molar-refractivity contribution in [3.8, 4) is 0 Å². The van der Waals surface area contributed by atoms with Crippen molar-refractivity contribution in [2.45, 2.75) is 20.8 Å². The molecule has 0 saturated heterocycles. The van der Waals surface area contributed by atoms with Crippen LogP contribution in [0.15, 0.2) is 4.99 Å². The van der Waals surface area contributed by atoms with Gasteiger partial charge in [-0.05, 0) is 5.41 Å². The fraction of sp³-hybridized carbons (Fsp3) is 0.857. The highest BCUT2D eigenvalue weighted by Gasteiger charge is 2.07. The van der Waals surface area contributed by atoms with Crippen LogP contribution in [0.2, 0.25) is 0 Å². The molecule has 0 saturated carbocycles. The van der Waals surface area contributed by atoms with Gasteiger partial charge in [-0.1, -0.05) is 20.8 Å². The molecule has 0 unspecified atom stereocenters. The Hall–Kier alpha value is -0.770. The lowest BCUT2D eigenvalue weighted by molar-refractivity contribution is 0.383. The normalized spacial score (nSPS) is 11.2. The molecule has 0 bridgehead atoms. The Bertz CT molecular complexity index is 130. The third kappa shape index (κ3) is 9.23. The summed E-state index contributed by atoms with van der Waals surface area (Å²) >= 11 is 0. The van der Waals surface area contributed by atoms with E-state index in [1.54, 1.807) is 0 Å². The van der Waals surface area contributed by atoms with Crippen LogP contribution in [0.4, 0.5) is 0 Å². The highest BCUT2D eigenvalue weighted by atomic mass is 15.1. The van der Waals surface area contributed by atoms with Gasteiger partial charge in [-0.25, -0.2) is 4.99 Å². The summed E-state index contributed by atoms with van der Waals surface area (Å²) in [6, 6.07) is 0. The van der Waals surface area contributed by atoms with Gasteiger partial charge in [0.05, 0.1) is 6.67 Å². The summed E-state index contributed by atoms with van der Waals surface area (Å²) in [7, 11) is 0. The molecule has 0 aliphatic carbocycles. The third-order valence-electron chi connectivity index (χ3n) is 1.03. The molecule has 0 spiro atoms. The predicted molar refractivity (Wildman–Crippen MR) is 48.1 cm³/mol. The SMILES string of the molecule is CC(C)(C)CNCN=C(N)N. The molecule has 5 N–H and O–H groups in total. The number of aliphatic imine (C=N–C) groups is 1. The van der Waals surface area contributed by atoms with Crippen molar-refractivity contribution in [1.29, 1.82) is 0 Å². The Labute approximate surface area is 68.1 Å². The van der Waals surface area contributed by atoms with Crippen molar-refractivity contribution < 1.29 is 0 Å². The quantitative estimate of drug-likeness (QED) is 0.304. The molecular formula is C7H18N4. The Morgan fingerprint density at radius 1 is 1.36 bits per heavy atom. The number of nitrogens with zero attached hydrogens (tertiary/aromatic N) is 1. The van der Waals surface area contributed by atoms with E-state index in [0.29, 0.717) is 6.67 Å². The highest BCUT2D eigenvalue weighted by Crippen LogP contribution is 2.09. The van der Waals surface area contributed by atoms with Gasteiger partial charge in [0.15, 0.2) is 5.96 Å². The Morgan fingerprint density at radius 3 is 2.27 bits per heavy atom. The molecule has 0 radical (unpaired) electrons. The van der Waals surface area contributed by atoms with Gasteiger partial charge in [-0.15, -0.1) is 0 Å². The number of nitrogens with two attached hydrogens (primary N) is 2. The number of nitrogens with one attached hydrogen (secondary N) is 1. The molecule has 0 aliphatic heterocycles. The molecule has 0 amide bonds. The van der Waals surface area contributed by atoms with Crippen LogP contribution in [0, 0.1) is 5.41 Å². The average molecular weight is 158 g/mol. The minimum atomic E-state index is 0.131. The van der Waals surface area contributed by atoms with Crippen molar-refractivity contribution in [3.05, 3.63) is 0 Å². The summed E-state index contributed by atoms with van der Waals surface area (Å²) in [4.78, 5) is 3.79. The smallest absolute Gasteiger partial charge is 0.187 e. The molecule has 66 valence electrons. The standard InChI is InChI=1S/C7H18N4/c1-7(2,3)4-10-5-11-6(8)9/h10H,4-5H2,1-3H3,(H4,8,9,11). The lowest BCUT2D eigenvalue weighted by Gasteiger charge is -2.17. The Kier molecular flexibility index (Phi) is 3.89. The van der Waals surface area contributed by atoms with Gasteiger partial charge < -0.3 is 11.5 Å². The van der Waals surface area contributed by atoms with Gasteiger partial charge in [0, 0.05) is 6.54 Å². The van der Waals surface area contributed by atoms with E-state index >= 15 is 0 Å². The van der Waals surface area contributed by atoms with E-state index in [1.807, 2.05) is 0 Å². The number of guanidine groups is 1. The predicted octanol–water partition coefficient (Wildman–Crippen LogP) is -0.147. The molecule has 0 fully saturated rings. The fourth-order valence-corrected chi connectivity index (χ4v) is 0.578. The minimum Gasteiger partial charge on any atom is -0.370 e. The molecule has 0 aliphatic rings. The van der Waals surface area contributed by atoms with Crippen LogP contribution in [-0.4, -0.2) is 19.2 Å². The van der Waals surface area contributed by atoms with Gasteiger partial charge >= 0.3 is 0 Å². The van der Waals surface area contributed by atoms with Gasteiger partial charge in [0.1, 0.15) is 0 Å². The fourth-order valence-electron chi connectivity index (χ4n) is 0.578. The lowest BCUT2D eigenvalue weighted by atomic mass is 9.97.